The van der Waals surface area contributed by atoms with Crippen LogP contribution >= 0.6 is 0 Å². The molecule has 1 aliphatic rings. The molecule has 1 N–H and O–H groups in total. The fourth-order valence-corrected chi connectivity index (χ4v) is 3.73. The summed E-state index contributed by atoms with van der Waals surface area (Å²) in [5, 5.41) is 8.11. The molecule has 0 amide bonds. The highest BCUT2D eigenvalue weighted by Crippen LogP contribution is 2.35. The highest BCUT2D eigenvalue weighted by molar-refractivity contribution is 5.13. The number of hydrogen-bond donors (Lipinski definition) is 1. The zero-order chi connectivity index (χ0) is 15.3. The standard InChI is InChI=1S/C17H31N3O/c1-5-14-12-15(20(4)19-14)13-16(18-3)17(21-6-2)10-8-7-9-11-17/h12,16,18H,5-11,13H2,1-4H3. The van der Waals surface area contributed by atoms with Gasteiger partial charge in [0.15, 0.2) is 0 Å². The lowest BCUT2D eigenvalue weighted by molar-refractivity contribution is -0.0886. The molecule has 4 nitrogen and oxygen atoms in total. The van der Waals surface area contributed by atoms with Crippen LogP contribution in [0.4, 0.5) is 0 Å². The van der Waals surface area contributed by atoms with Crippen LogP contribution in [0.3, 0.4) is 0 Å². The van der Waals surface area contributed by atoms with Gasteiger partial charge in [0.1, 0.15) is 0 Å². The van der Waals surface area contributed by atoms with E-state index in [4.69, 9.17) is 4.74 Å². The predicted octanol–water partition coefficient (Wildman–Crippen LogP) is 2.85. The molecule has 120 valence electrons. The summed E-state index contributed by atoms with van der Waals surface area (Å²) in [6.45, 7) is 5.07. The maximum Gasteiger partial charge on any atom is 0.0838 e. The van der Waals surface area contributed by atoms with Gasteiger partial charge in [-0.05, 0) is 39.3 Å². The van der Waals surface area contributed by atoms with Crippen LogP contribution in [-0.2, 0) is 24.6 Å². The predicted molar refractivity (Wildman–Crippen MR) is 86.6 cm³/mol. The average molecular weight is 293 g/mol. The van der Waals surface area contributed by atoms with Crippen molar-refractivity contribution in [3.05, 3.63) is 17.5 Å². The lowest BCUT2D eigenvalue weighted by Gasteiger charge is -2.43. The van der Waals surface area contributed by atoms with E-state index >= 15 is 0 Å². The van der Waals surface area contributed by atoms with Crippen molar-refractivity contribution in [3.8, 4) is 0 Å². The van der Waals surface area contributed by atoms with Crippen LogP contribution in [0.15, 0.2) is 6.07 Å². The summed E-state index contributed by atoms with van der Waals surface area (Å²) in [6, 6.07) is 2.60. The van der Waals surface area contributed by atoms with Gasteiger partial charge >= 0.3 is 0 Å². The molecule has 1 saturated carbocycles. The van der Waals surface area contributed by atoms with Crippen LogP contribution < -0.4 is 5.32 Å². The third-order valence-electron chi connectivity index (χ3n) is 4.92. The van der Waals surface area contributed by atoms with Crippen molar-refractivity contribution >= 4 is 0 Å². The monoisotopic (exact) mass is 293 g/mol. The second-order valence-electron chi connectivity index (χ2n) is 6.21. The van der Waals surface area contributed by atoms with Crippen LogP contribution in [0, 0.1) is 0 Å². The van der Waals surface area contributed by atoms with E-state index in [1.54, 1.807) is 0 Å². The van der Waals surface area contributed by atoms with Gasteiger partial charge in [0.25, 0.3) is 0 Å². The number of likely N-dealkylation sites (N-methyl/N-ethyl adjacent to an activating group) is 1. The van der Waals surface area contributed by atoms with E-state index in [2.05, 4.69) is 44.4 Å². The molecule has 0 radical (unpaired) electrons. The molecular formula is C17H31N3O. The van der Waals surface area contributed by atoms with Gasteiger partial charge in [-0.15, -0.1) is 0 Å². The van der Waals surface area contributed by atoms with E-state index in [1.807, 2.05) is 4.68 Å². The van der Waals surface area contributed by atoms with Crippen LogP contribution in [0.1, 0.15) is 57.3 Å². The van der Waals surface area contributed by atoms with Gasteiger partial charge in [0.2, 0.25) is 0 Å². The number of ether oxygens (including phenoxy) is 1. The summed E-state index contributed by atoms with van der Waals surface area (Å²) in [5.41, 5.74) is 2.48. The molecule has 1 aliphatic carbocycles. The Bertz CT molecular complexity index is 430. The molecule has 0 aliphatic heterocycles. The minimum atomic E-state index is -0.00159. The van der Waals surface area contributed by atoms with Crippen molar-refractivity contribution in [1.29, 1.82) is 0 Å². The number of hydrogen-bond acceptors (Lipinski definition) is 3. The Hall–Kier alpha value is -0.870. The van der Waals surface area contributed by atoms with Crippen molar-refractivity contribution in [3.63, 3.8) is 0 Å². The lowest BCUT2D eigenvalue weighted by Crippen LogP contribution is -2.54. The fourth-order valence-electron chi connectivity index (χ4n) is 3.73. The molecule has 1 aromatic rings. The molecule has 4 heteroatoms. The smallest absolute Gasteiger partial charge is 0.0838 e. The minimum Gasteiger partial charge on any atom is -0.374 e. The number of nitrogens with one attached hydrogen (secondary N) is 1. The van der Waals surface area contributed by atoms with Gasteiger partial charge in [0, 0.05) is 31.8 Å². The molecule has 0 saturated heterocycles. The Balaban J connectivity index is 2.17. The van der Waals surface area contributed by atoms with E-state index in [1.165, 1.54) is 43.5 Å². The molecule has 1 atom stereocenters. The Morgan fingerprint density at radius 1 is 1.33 bits per heavy atom. The third kappa shape index (κ3) is 3.67. The molecule has 0 aromatic carbocycles. The van der Waals surface area contributed by atoms with Gasteiger partial charge in [0.05, 0.1) is 11.3 Å². The number of aromatic nitrogens is 2. The van der Waals surface area contributed by atoms with E-state index in [9.17, 15) is 0 Å². The first-order valence-electron chi connectivity index (χ1n) is 8.48. The van der Waals surface area contributed by atoms with Crippen molar-refractivity contribution in [2.45, 2.75) is 70.4 Å². The SMILES string of the molecule is CCOC1(C(Cc2cc(CC)nn2C)NC)CCCCC1. The lowest BCUT2D eigenvalue weighted by atomic mass is 9.77. The maximum absolute atomic E-state index is 6.28. The zero-order valence-corrected chi connectivity index (χ0v) is 14.1. The normalized spacial score (nSPS) is 19.6. The Morgan fingerprint density at radius 2 is 2.05 bits per heavy atom. The third-order valence-corrected chi connectivity index (χ3v) is 4.92. The van der Waals surface area contributed by atoms with Crippen molar-refractivity contribution in [1.82, 2.24) is 15.1 Å². The largest absolute Gasteiger partial charge is 0.374 e. The second-order valence-corrected chi connectivity index (χ2v) is 6.21. The summed E-state index contributed by atoms with van der Waals surface area (Å²) in [4.78, 5) is 0. The molecule has 1 aromatic heterocycles. The molecule has 0 spiro atoms. The van der Waals surface area contributed by atoms with Crippen LogP contribution in [0.2, 0.25) is 0 Å². The van der Waals surface area contributed by atoms with Gasteiger partial charge in [-0.2, -0.15) is 5.10 Å². The number of nitrogens with zero attached hydrogens (tertiary/aromatic N) is 2. The van der Waals surface area contributed by atoms with Crippen molar-refractivity contribution in [2.24, 2.45) is 7.05 Å². The molecule has 1 fully saturated rings. The van der Waals surface area contributed by atoms with Crippen LogP contribution in [0.5, 0.6) is 0 Å². The first-order chi connectivity index (χ1) is 10.1. The zero-order valence-electron chi connectivity index (χ0n) is 14.1. The fraction of sp³-hybridized carbons (Fsp3) is 0.824. The molecule has 1 heterocycles. The first kappa shape index (κ1) is 16.5. The molecule has 21 heavy (non-hydrogen) atoms. The van der Waals surface area contributed by atoms with Gasteiger partial charge in [-0.1, -0.05) is 26.2 Å². The van der Waals surface area contributed by atoms with Crippen LogP contribution in [-0.4, -0.2) is 35.1 Å². The van der Waals surface area contributed by atoms with Crippen molar-refractivity contribution < 1.29 is 4.74 Å². The second kappa shape index (κ2) is 7.41. The summed E-state index contributed by atoms with van der Waals surface area (Å²) in [5.74, 6) is 0. The Kier molecular flexibility index (Phi) is 5.82. The first-order valence-corrected chi connectivity index (χ1v) is 8.48. The minimum absolute atomic E-state index is 0.00159. The van der Waals surface area contributed by atoms with E-state index in [0.29, 0.717) is 6.04 Å². The molecule has 0 bridgehead atoms. The quantitative estimate of drug-likeness (QED) is 0.840. The summed E-state index contributed by atoms with van der Waals surface area (Å²) in [6.07, 6.45) is 8.23. The topological polar surface area (TPSA) is 39.1 Å². The summed E-state index contributed by atoms with van der Waals surface area (Å²) in [7, 11) is 4.12. The van der Waals surface area contributed by atoms with E-state index in [0.717, 1.165) is 19.4 Å². The molecule has 2 rings (SSSR count). The van der Waals surface area contributed by atoms with Gasteiger partial charge in [-0.25, -0.2) is 0 Å². The molecule has 1 unspecified atom stereocenters. The molecular weight excluding hydrogens is 262 g/mol. The number of aryl methyl sites for hydroxylation is 2. The summed E-state index contributed by atoms with van der Waals surface area (Å²) >= 11 is 0. The highest BCUT2D eigenvalue weighted by atomic mass is 16.5. The van der Waals surface area contributed by atoms with E-state index < -0.39 is 0 Å². The van der Waals surface area contributed by atoms with Gasteiger partial charge in [-0.3, -0.25) is 4.68 Å². The Morgan fingerprint density at radius 3 is 2.57 bits per heavy atom. The van der Waals surface area contributed by atoms with Crippen molar-refractivity contribution in [2.75, 3.05) is 13.7 Å². The Labute approximate surface area is 129 Å². The summed E-state index contributed by atoms with van der Waals surface area (Å²) < 4.78 is 8.31. The highest BCUT2D eigenvalue weighted by Gasteiger charge is 2.40. The maximum atomic E-state index is 6.28. The van der Waals surface area contributed by atoms with Gasteiger partial charge < -0.3 is 10.1 Å². The number of rotatable bonds is 7. The average Bonchev–Trinajstić information content (AvgIpc) is 2.86. The van der Waals surface area contributed by atoms with Crippen LogP contribution in [0.25, 0.3) is 0 Å². The van der Waals surface area contributed by atoms with E-state index in [-0.39, 0.29) is 5.60 Å².